The zero-order valence-electron chi connectivity index (χ0n) is 13.4. The summed E-state index contributed by atoms with van der Waals surface area (Å²) in [7, 11) is 0. The van der Waals surface area contributed by atoms with Crippen LogP contribution in [0.5, 0.6) is 11.5 Å². The number of aromatic nitrogens is 3. The molecule has 0 fully saturated rings. The number of halogens is 2. The van der Waals surface area contributed by atoms with Crippen molar-refractivity contribution in [3.63, 3.8) is 0 Å². The van der Waals surface area contributed by atoms with Crippen LogP contribution in [0.25, 0.3) is 0 Å². The summed E-state index contributed by atoms with van der Waals surface area (Å²) in [6, 6.07) is 11.0. The first kappa shape index (κ1) is 16.7. The number of anilines is 3. The number of ether oxygens (including phenoxy) is 2. The summed E-state index contributed by atoms with van der Waals surface area (Å²) in [5.41, 5.74) is 1.63. The fourth-order valence-corrected chi connectivity index (χ4v) is 2.75. The standard InChI is InChI=1S/C17H13Cl2N5O2/c18-11-2-1-3-12(16(11)19)22-17-23-15(8-21-24-17)20-7-10-4-5-13-14(6-10)26-9-25-13/h1-6,8H,7,9H2,(H2,20,22,23,24). The highest BCUT2D eigenvalue weighted by atomic mass is 35.5. The van der Waals surface area contributed by atoms with Crippen molar-refractivity contribution in [1.82, 2.24) is 15.2 Å². The topological polar surface area (TPSA) is 81.2 Å². The maximum atomic E-state index is 6.16. The van der Waals surface area contributed by atoms with E-state index in [1.54, 1.807) is 18.2 Å². The van der Waals surface area contributed by atoms with Crippen LogP contribution in [0.4, 0.5) is 17.5 Å². The van der Waals surface area contributed by atoms with E-state index in [2.05, 4.69) is 25.8 Å². The van der Waals surface area contributed by atoms with E-state index in [4.69, 9.17) is 32.7 Å². The number of rotatable bonds is 5. The van der Waals surface area contributed by atoms with Crippen LogP contribution >= 0.6 is 23.2 Å². The van der Waals surface area contributed by atoms with Gasteiger partial charge in [-0.15, -0.1) is 5.10 Å². The predicted molar refractivity (Wildman–Crippen MR) is 99.5 cm³/mol. The molecule has 0 bridgehead atoms. The van der Waals surface area contributed by atoms with Gasteiger partial charge >= 0.3 is 0 Å². The monoisotopic (exact) mass is 389 g/mol. The van der Waals surface area contributed by atoms with Gasteiger partial charge in [-0.1, -0.05) is 35.3 Å². The fourth-order valence-electron chi connectivity index (χ4n) is 2.41. The maximum absolute atomic E-state index is 6.16. The molecule has 0 amide bonds. The summed E-state index contributed by atoms with van der Waals surface area (Å²) in [5, 5.41) is 15.0. The summed E-state index contributed by atoms with van der Waals surface area (Å²) < 4.78 is 10.7. The lowest BCUT2D eigenvalue weighted by atomic mass is 10.2. The van der Waals surface area contributed by atoms with Crippen molar-refractivity contribution in [1.29, 1.82) is 0 Å². The molecule has 2 aromatic carbocycles. The van der Waals surface area contributed by atoms with Crippen molar-refractivity contribution in [3.05, 3.63) is 58.2 Å². The molecule has 0 saturated heterocycles. The Labute approximate surface area is 159 Å². The Kier molecular flexibility index (Phi) is 4.64. The first-order valence-corrected chi connectivity index (χ1v) is 8.48. The number of hydrogen-bond donors (Lipinski definition) is 2. The van der Waals surface area contributed by atoms with Crippen LogP contribution in [0.3, 0.4) is 0 Å². The smallest absolute Gasteiger partial charge is 0.249 e. The lowest BCUT2D eigenvalue weighted by Gasteiger charge is -2.09. The van der Waals surface area contributed by atoms with Gasteiger partial charge in [0, 0.05) is 6.54 Å². The van der Waals surface area contributed by atoms with Gasteiger partial charge in [0.15, 0.2) is 17.3 Å². The Bertz CT molecular complexity index is 954. The van der Waals surface area contributed by atoms with Gasteiger partial charge < -0.3 is 20.1 Å². The molecule has 0 radical (unpaired) electrons. The zero-order chi connectivity index (χ0) is 17.9. The Balaban J connectivity index is 1.45. The number of fused-ring (bicyclic) bond motifs is 1. The van der Waals surface area contributed by atoms with Crippen molar-refractivity contribution < 1.29 is 9.47 Å². The number of benzene rings is 2. The molecule has 1 aliphatic heterocycles. The highest BCUT2D eigenvalue weighted by molar-refractivity contribution is 6.43. The summed E-state index contributed by atoms with van der Waals surface area (Å²) in [6.07, 6.45) is 1.54. The second-order valence-electron chi connectivity index (χ2n) is 5.43. The third-order valence-electron chi connectivity index (χ3n) is 3.67. The van der Waals surface area contributed by atoms with Gasteiger partial charge in [0.1, 0.15) is 0 Å². The number of hydrogen-bond acceptors (Lipinski definition) is 7. The van der Waals surface area contributed by atoms with Crippen LogP contribution in [-0.4, -0.2) is 22.0 Å². The maximum Gasteiger partial charge on any atom is 0.249 e. The molecule has 9 heteroatoms. The first-order chi connectivity index (χ1) is 12.7. The second-order valence-corrected chi connectivity index (χ2v) is 6.22. The van der Waals surface area contributed by atoms with Crippen molar-refractivity contribution in [2.45, 2.75) is 6.54 Å². The second kappa shape index (κ2) is 7.23. The van der Waals surface area contributed by atoms with Gasteiger partial charge in [0.25, 0.3) is 0 Å². The molecule has 0 atom stereocenters. The minimum absolute atomic E-state index is 0.253. The summed E-state index contributed by atoms with van der Waals surface area (Å²) >= 11 is 12.2. The molecule has 2 N–H and O–H groups in total. The van der Waals surface area contributed by atoms with Crippen molar-refractivity contribution >= 4 is 40.7 Å². The lowest BCUT2D eigenvalue weighted by molar-refractivity contribution is 0.174. The molecule has 3 aromatic rings. The molecular weight excluding hydrogens is 377 g/mol. The van der Waals surface area contributed by atoms with Crippen molar-refractivity contribution in [2.24, 2.45) is 0 Å². The van der Waals surface area contributed by atoms with E-state index < -0.39 is 0 Å². The van der Waals surface area contributed by atoms with Crippen LogP contribution in [0.2, 0.25) is 10.0 Å². The zero-order valence-corrected chi connectivity index (χ0v) is 14.9. The number of nitrogens with zero attached hydrogens (tertiary/aromatic N) is 3. The molecule has 1 aliphatic rings. The predicted octanol–water partition coefficient (Wildman–Crippen LogP) is 4.26. The van der Waals surface area contributed by atoms with Crippen molar-refractivity contribution in [2.75, 3.05) is 17.4 Å². The van der Waals surface area contributed by atoms with Gasteiger partial charge in [-0.05, 0) is 29.8 Å². The van der Waals surface area contributed by atoms with E-state index in [0.717, 1.165) is 17.1 Å². The minimum atomic E-state index is 0.253. The van der Waals surface area contributed by atoms with Gasteiger partial charge in [-0.3, -0.25) is 0 Å². The van der Waals surface area contributed by atoms with E-state index in [9.17, 15) is 0 Å². The Morgan fingerprint density at radius 2 is 1.96 bits per heavy atom. The van der Waals surface area contributed by atoms with Crippen molar-refractivity contribution in [3.8, 4) is 11.5 Å². The molecule has 7 nitrogen and oxygen atoms in total. The third kappa shape index (κ3) is 3.58. The van der Waals surface area contributed by atoms with Gasteiger partial charge in [0.05, 0.1) is 21.9 Å². The van der Waals surface area contributed by atoms with Crippen LogP contribution in [0, 0.1) is 0 Å². The third-order valence-corrected chi connectivity index (χ3v) is 4.49. The Morgan fingerprint density at radius 1 is 1.08 bits per heavy atom. The Morgan fingerprint density at radius 3 is 2.88 bits per heavy atom. The van der Waals surface area contributed by atoms with E-state index in [1.807, 2.05) is 18.2 Å². The highest BCUT2D eigenvalue weighted by Gasteiger charge is 2.13. The Hall–Kier alpha value is -2.77. The SMILES string of the molecule is Clc1cccc(Nc2nncc(NCc3ccc4c(c3)OCO4)n2)c1Cl. The fraction of sp³-hybridized carbons (Fsp3) is 0.118. The molecule has 0 aliphatic carbocycles. The van der Waals surface area contributed by atoms with E-state index >= 15 is 0 Å². The van der Waals surface area contributed by atoms with Crippen LogP contribution in [-0.2, 0) is 6.54 Å². The molecule has 0 unspecified atom stereocenters. The molecule has 2 heterocycles. The molecule has 0 spiro atoms. The average Bonchev–Trinajstić information content (AvgIpc) is 3.12. The molecule has 4 rings (SSSR count). The molecule has 0 saturated carbocycles. The van der Waals surface area contributed by atoms with Crippen LogP contribution in [0.15, 0.2) is 42.6 Å². The average molecular weight is 390 g/mol. The van der Waals surface area contributed by atoms with E-state index in [0.29, 0.717) is 34.0 Å². The molecule has 26 heavy (non-hydrogen) atoms. The first-order valence-electron chi connectivity index (χ1n) is 7.72. The minimum Gasteiger partial charge on any atom is -0.454 e. The van der Waals surface area contributed by atoms with Gasteiger partial charge in [-0.25, -0.2) is 0 Å². The highest BCUT2D eigenvalue weighted by Crippen LogP contribution is 2.33. The molecule has 1 aromatic heterocycles. The molecule has 132 valence electrons. The van der Waals surface area contributed by atoms with Crippen LogP contribution in [0.1, 0.15) is 5.56 Å². The lowest BCUT2D eigenvalue weighted by Crippen LogP contribution is -2.06. The summed E-state index contributed by atoms with van der Waals surface area (Å²) in [6.45, 7) is 0.801. The molecular formula is C17H13Cl2N5O2. The summed E-state index contributed by atoms with van der Waals surface area (Å²) in [5.74, 6) is 2.37. The van der Waals surface area contributed by atoms with E-state index in [-0.39, 0.29) is 6.79 Å². The summed E-state index contributed by atoms with van der Waals surface area (Å²) in [4.78, 5) is 4.37. The normalized spacial score (nSPS) is 12.1. The number of nitrogens with one attached hydrogen (secondary N) is 2. The van der Waals surface area contributed by atoms with Gasteiger partial charge in [-0.2, -0.15) is 10.1 Å². The quantitative estimate of drug-likeness (QED) is 0.674. The van der Waals surface area contributed by atoms with E-state index in [1.165, 1.54) is 6.20 Å². The van der Waals surface area contributed by atoms with Crippen LogP contribution < -0.4 is 20.1 Å². The van der Waals surface area contributed by atoms with Gasteiger partial charge in [0.2, 0.25) is 12.7 Å². The largest absolute Gasteiger partial charge is 0.454 e.